The molecule has 22 heavy (non-hydrogen) atoms. The molecule has 2 aromatic carbocycles. The Balaban J connectivity index is 2.37. The van der Waals surface area contributed by atoms with E-state index < -0.39 is 17.7 Å². The van der Waals surface area contributed by atoms with E-state index in [1.54, 1.807) is 6.07 Å². The first-order valence-corrected chi connectivity index (χ1v) is 6.75. The van der Waals surface area contributed by atoms with Gasteiger partial charge in [0.15, 0.2) is 0 Å². The molecule has 2 rings (SSSR count). The number of aromatic carboxylic acids is 1. The van der Waals surface area contributed by atoms with Crippen molar-refractivity contribution in [1.82, 2.24) is 0 Å². The second kappa shape index (κ2) is 6.12. The first-order valence-electron chi connectivity index (χ1n) is 5.94. The van der Waals surface area contributed by atoms with E-state index in [-0.39, 0.29) is 16.0 Å². The molecule has 0 aromatic heterocycles. The number of nitrogens with zero attached hydrogens (tertiary/aromatic N) is 1. The summed E-state index contributed by atoms with van der Waals surface area (Å²) in [7, 11) is 0. The lowest BCUT2D eigenvalue weighted by molar-refractivity contribution is -0.139. The van der Waals surface area contributed by atoms with E-state index in [2.05, 4.69) is 0 Å². The highest BCUT2D eigenvalue weighted by molar-refractivity contribution is 7.99. The summed E-state index contributed by atoms with van der Waals surface area (Å²) in [6.45, 7) is 0. The third-order valence-electron chi connectivity index (χ3n) is 2.74. The number of halogens is 3. The number of benzene rings is 2. The first-order chi connectivity index (χ1) is 10.3. The van der Waals surface area contributed by atoms with Gasteiger partial charge in [-0.25, -0.2) is 4.79 Å². The predicted molar refractivity (Wildman–Crippen MR) is 73.7 cm³/mol. The number of carbonyl (C=O) groups is 1. The second-order valence-corrected chi connectivity index (χ2v) is 5.37. The molecule has 0 saturated heterocycles. The Hall–Kier alpha value is -2.46. The molecule has 0 spiro atoms. The van der Waals surface area contributed by atoms with Crippen LogP contribution in [-0.4, -0.2) is 11.1 Å². The normalized spacial score (nSPS) is 11.0. The molecule has 0 bridgehead atoms. The summed E-state index contributed by atoms with van der Waals surface area (Å²) in [5, 5.41) is 17.5. The molecule has 0 heterocycles. The summed E-state index contributed by atoms with van der Waals surface area (Å²) in [6, 6.07) is 10.5. The lowest BCUT2D eigenvalue weighted by atomic mass is 10.1. The number of hydrogen-bond donors (Lipinski definition) is 1. The maximum absolute atomic E-state index is 13.0. The maximum Gasteiger partial charge on any atom is 0.417 e. The molecule has 0 radical (unpaired) electrons. The van der Waals surface area contributed by atoms with Crippen LogP contribution in [0, 0.1) is 11.3 Å². The van der Waals surface area contributed by atoms with Crippen LogP contribution in [0.5, 0.6) is 0 Å². The lowest BCUT2D eigenvalue weighted by Crippen LogP contribution is -2.07. The van der Waals surface area contributed by atoms with Crippen LogP contribution >= 0.6 is 11.8 Å². The molecule has 0 fully saturated rings. The van der Waals surface area contributed by atoms with E-state index in [4.69, 9.17) is 10.4 Å². The molecular formula is C15H8F3NO2S. The SMILES string of the molecule is N#Cc1ccc(Sc2ccc(C(=O)O)cc2)c(C(F)(F)F)c1. The average molecular weight is 323 g/mol. The Labute approximate surface area is 128 Å². The van der Waals surface area contributed by atoms with Crippen molar-refractivity contribution < 1.29 is 23.1 Å². The first kappa shape index (κ1) is 15.9. The van der Waals surface area contributed by atoms with Gasteiger partial charge in [-0.15, -0.1) is 0 Å². The minimum atomic E-state index is -4.57. The molecule has 0 aliphatic carbocycles. The third-order valence-corrected chi connectivity index (χ3v) is 3.83. The molecule has 2 aromatic rings. The minimum absolute atomic E-state index is 0.0467. The summed E-state index contributed by atoms with van der Waals surface area (Å²) >= 11 is 0.858. The summed E-state index contributed by atoms with van der Waals surface area (Å²) in [5.74, 6) is -1.11. The van der Waals surface area contributed by atoms with Gasteiger partial charge in [0.1, 0.15) is 0 Å². The number of rotatable bonds is 3. The zero-order valence-corrected chi connectivity index (χ0v) is 11.7. The molecule has 1 N–H and O–H groups in total. The second-order valence-electron chi connectivity index (χ2n) is 4.25. The van der Waals surface area contributed by atoms with Crippen LogP contribution < -0.4 is 0 Å². The van der Waals surface area contributed by atoms with Gasteiger partial charge in [0.05, 0.1) is 22.8 Å². The number of nitriles is 1. The van der Waals surface area contributed by atoms with Gasteiger partial charge in [-0.1, -0.05) is 11.8 Å². The molecule has 3 nitrogen and oxygen atoms in total. The molecule has 112 valence electrons. The average Bonchev–Trinajstić information content (AvgIpc) is 2.47. The largest absolute Gasteiger partial charge is 0.478 e. The van der Waals surface area contributed by atoms with Crippen LogP contribution in [0.3, 0.4) is 0 Å². The van der Waals surface area contributed by atoms with Gasteiger partial charge in [0.25, 0.3) is 0 Å². The highest BCUT2D eigenvalue weighted by atomic mass is 32.2. The number of carboxylic acid groups (broad SMARTS) is 1. The summed E-state index contributed by atoms with van der Waals surface area (Å²) in [6.07, 6.45) is -4.57. The fourth-order valence-electron chi connectivity index (χ4n) is 1.70. The monoisotopic (exact) mass is 323 g/mol. The Bertz CT molecular complexity index is 749. The third kappa shape index (κ3) is 3.59. The Kier molecular flexibility index (Phi) is 4.43. The maximum atomic E-state index is 13.0. The van der Waals surface area contributed by atoms with Gasteiger partial charge < -0.3 is 5.11 Å². The summed E-state index contributed by atoms with van der Waals surface area (Å²) in [5.41, 5.74) is -0.906. The van der Waals surface area contributed by atoms with Crippen molar-refractivity contribution in [3.8, 4) is 6.07 Å². The number of carboxylic acids is 1. The van der Waals surface area contributed by atoms with E-state index in [1.807, 2.05) is 0 Å². The van der Waals surface area contributed by atoms with Crippen molar-refractivity contribution in [2.24, 2.45) is 0 Å². The van der Waals surface area contributed by atoms with Crippen molar-refractivity contribution in [1.29, 1.82) is 5.26 Å². The van der Waals surface area contributed by atoms with Crippen molar-refractivity contribution in [3.63, 3.8) is 0 Å². The van der Waals surface area contributed by atoms with Gasteiger partial charge in [-0.2, -0.15) is 18.4 Å². The van der Waals surface area contributed by atoms with Gasteiger partial charge in [-0.3, -0.25) is 0 Å². The van der Waals surface area contributed by atoms with E-state index in [1.165, 1.54) is 36.4 Å². The molecule has 0 unspecified atom stereocenters. The molecule has 0 saturated carbocycles. The molecule has 0 atom stereocenters. The Morgan fingerprint density at radius 2 is 1.77 bits per heavy atom. The van der Waals surface area contributed by atoms with Crippen molar-refractivity contribution in [2.45, 2.75) is 16.0 Å². The van der Waals surface area contributed by atoms with E-state index in [9.17, 15) is 18.0 Å². The number of alkyl halides is 3. The Morgan fingerprint density at radius 3 is 2.27 bits per heavy atom. The molecular weight excluding hydrogens is 315 g/mol. The van der Waals surface area contributed by atoms with Crippen molar-refractivity contribution in [3.05, 3.63) is 59.2 Å². The smallest absolute Gasteiger partial charge is 0.417 e. The fourth-order valence-corrected chi connectivity index (χ4v) is 2.65. The highest BCUT2D eigenvalue weighted by Gasteiger charge is 2.34. The van der Waals surface area contributed by atoms with E-state index >= 15 is 0 Å². The topological polar surface area (TPSA) is 61.1 Å². The van der Waals surface area contributed by atoms with Gasteiger partial charge in [-0.05, 0) is 42.5 Å². The quantitative estimate of drug-likeness (QED) is 0.908. The van der Waals surface area contributed by atoms with Gasteiger partial charge >= 0.3 is 12.1 Å². The molecule has 0 aliphatic rings. The minimum Gasteiger partial charge on any atom is -0.478 e. The van der Waals surface area contributed by atoms with Gasteiger partial charge in [0.2, 0.25) is 0 Å². The van der Waals surface area contributed by atoms with Crippen LogP contribution in [0.2, 0.25) is 0 Å². The van der Waals surface area contributed by atoms with Gasteiger partial charge in [0, 0.05) is 9.79 Å². The highest BCUT2D eigenvalue weighted by Crippen LogP contribution is 2.40. The predicted octanol–water partition coefficient (Wildman–Crippen LogP) is 4.43. The molecule has 0 amide bonds. The fraction of sp³-hybridized carbons (Fsp3) is 0.0667. The van der Waals surface area contributed by atoms with Crippen molar-refractivity contribution >= 4 is 17.7 Å². The van der Waals surface area contributed by atoms with E-state index in [0.29, 0.717) is 4.90 Å². The zero-order valence-electron chi connectivity index (χ0n) is 10.9. The number of hydrogen-bond acceptors (Lipinski definition) is 3. The zero-order chi connectivity index (χ0) is 16.3. The van der Waals surface area contributed by atoms with Crippen LogP contribution in [0.25, 0.3) is 0 Å². The summed E-state index contributed by atoms with van der Waals surface area (Å²) in [4.78, 5) is 11.2. The summed E-state index contributed by atoms with van der Waals surface area (Å²) < 4.78 is 39.1. The van der Waals surface area contributed by atoms with Crippen LogP contribution in [0.4, 0.5) is 13.2 Å². The van der Waals surface area contributed by atoms with Crippen LogP contribution in [0.15, 0.2) is 52.3 Å². The lowest BCUT2D eigenvalue weighted by Gasteiger charge is -2.12. The van der Waals surface area contributed by atoms with Crippen LogP contribution in [-0.2, 0) is 6.18 Å². The Morgan fingerprint density at radius 1 is 1.14 bits per heavy atom. The van der Waals surface area contributed by atoms with Crippen molar-refractivity contribution in [2.75, 3.05) is 0 Å². The van der Waals surface area contributed by atoms with E-state index in [0.717, 1.165) is 17.8 Å². The molecule has 0 aliphatic heterocycles. The van der Waals surface area contributed by atoms with Crippen LogP contribution in [0.1, 0.15) is 21.5 Å². The standard InChI is InChI=1S/C15H8F3NO2S/c16-15(17,18)12-7-9(8-19)1-6-13(12)22-11-4-2-10(3-5-11)14(20)21/h1-7H,(H,20,21). The molecule has 7 heteroatoms.